The van der Waals surface area contributed by atoms with Crippen LogP contribution in [-0.2, 0) is 16.0 Å². The minimum Gasteiger partial charge on any atom is -0.481 e. The quantitative estimate of drug-likeness (QED) is 0.864. The van der Waals surface area contributed by atoms with E-state index in [1.807, 2.05) is 6.07 Å². The first-order chi connectivity index (χ1) is 8.59. The lowest BCUT2D eigenvalue weighted by Crippen LogP contribution is -2.38. The van der Waals surface area contributed by atoms with Crippen molar-refractivity contribution in [1.82, 2.24) is 9.88 Å². The van der Waals surface area contributed by atoms with E-state index in [1.165, 1.54) is 0 Å². The molecule has 2 rings (SSSR count). The summed E-state index contributed by atoms with van der Waals surface area (Å²) in [7, 11) is 0. The van der Waals surface area contributed by atoms with Crippen LogP contribution >= 0.6 is 0 Å². The van der Waals surface area contributed by atoms with Crippen molar-refractivity contribution in [3.05, 3.63) is 30.1 Å². The van der Waals surface area contributed by atoms with Crippen LogP contribution in [0, 0.1) is 5.92 Å². The molecule has 2 unspecified atom stereocenters. The summed E-state index contributed by atoms with van der Waals surface area (Å²) in [5.74, 6) is -1.32. The largest absolute Gasteiger partial charge is 0.481 e. The van der Waals surface area contributed by atoms with Crippen molar-refractivity contribution in [1.29, 1.82) is 0 Å². The summed E-state index contributed by atoms with van der Waals surface area (Å²) in [5, 5.41) is 9.02. The summed E-state index contributed by atoms with van der Waals surface area (Å²) < 4.78 is 0. The number of hydrogen-bond donors (Lipinski definition) is 1. The first kappa shape index (κ1) is 12.5. The minimum absolute atomic E-state index is 0.0510. The van der Waals surface area contributed by atoms with Crippen molar-refractivity contribution >= 4 is 11.9 Å². The highest BCUT2D eigenvalue weighted by molar-refractivity contribution is 5.81. The molecule has 0 saturated carbocycles. The van der Waals surface area contributed by atoms with Gasteiger partial charge in [-0.05, 0) is 25.5 Å². The number of pyridine rings is 1. The van der Waals surface area contributed by atoms with Crippen molar-refractivity contribution in [2.75, 3.05) is 6.54 Å². The maximum absolute atomic E-state index is 12.1. The summed E-state index contributed by atoms with van der Waals surface area (Å²) in [4.78, 5) is 28.8. The molecule has 96 valence electrons. The first-order valence-corrected chi connectivity index (χ1v) is 6.02. The minimum atomic E-state index is -0.823. The molecule has 18 heavy (non-hydrogen) atoms. The Labute approximate surface area is 105 Å². The second-order valence-electron chi connectivity index (χ2n) is 4.56. The third kappa shape index (κ3) is 2.50. The van der Waals surface area contributed by atoms with Gasteiger partial charge in [0.1, 0.15) is 0 Å². The monoisotopic (exact) mass is 248 g/mol. The van der Waals surface area contributed by atoms with Crippen molar-refractivity contribution in [3.63, 3.8) is 0 Å². The van der Waals surface area contributed by atoms with Gasteiger partial charge in [-0.25, -0.2) is 0 Å². The van der Waals surface area contributed by atoms with E-state index >= 15 is 0 Å². The van der Waals surface area contributed by atoms with E-state index in [0.717, 1.165) is 0 Å². The topological polar surface area (TPSA) is 70.5 Å². The van der Waals surface area contributed by atoms with Crippen LogP contribution in [0.4, 0.5) is 0 Å². The van der Waals surface area contributed by atoms with E-state index in [9.17, 15) is 9.59 Å². The maximum Gasteiger partial charge on any atom is 0.308 e. The Hall–Kier alpha value is -1.91. The van der Waals surface area contributed by atoms with Crippen LogP contribution in [0.1, 0.15) is 19.0 Å². The zero-order valence-corrected chi connectivity index (χ0v) is 10.2. The molecule has 2 atom stereocenters. The molecule has 1 aliphatic heterocycles. The average molecular weight is 248 g/mol. The molecular weight excluding hydrogens is 232 g/mol. The molecule has 0 bridgehead atoms. The lowest BCUT2D eigenvalue weighted by Gasteiger charge is -2.23. The number of rotatable bonds is 3. The molecular formula is C13H16N2O3. The van der Waals surface area contributed by atoms with Gasteiger partial charge in [0.25, 0.3) is 0 Å². The number of likely N-dealkylation sites (tertiary alicyclic amines) is 1. The number of carbonyl (C=O) groups is 2. The van der Waals surface area contributed by atoms with Gasteiger partial charge in [0.2, 0.25) is 5.91 Å². The molecule has 5 heteroatoms. The maximum atomic E-state index is 12.1. The highest BCUT2D eigenvalue weighted by atomic mass is 16.4. The fourth-order valence-electron chi connectivity index (χ4n) is 2.38. The zero-order valence-electron chi connectivity index (χ0n) is 10.2. The summed E-state index contributed by atoms with van der Waals surface area (Å²) in [6.45, 7) is 2.31. The number of nitrogens with zero attached hydrogens (tertiary/aromatic N) is 2. The smallest absolute Gasteiger partial charge is 0.308 e. The Morgan fingerprint density at radius 1 is 1.50 bits per heavy atom. The van der Waals surface area contributed by atoms with Gasteiger partial charge in [0.15, 0.2) is 0 Å². The second-order valence-corrected chi connectivity index (χ2v) is 4.56. The molecule has 0 radical (unpaired) electrons. The first-order valence-electron chi connectivity index (χ1n) is 6.02. The Balaban J connectivity index is 2.01. The van der Waals surface area contributed by atoms with Crippen molar-refractivity contribution in [2.24, 2.45) is 5.92 Å². The molecule has 1 saturated heterocycles. The molecule has 5 nitrogen and oxygen atoms in total. The molecule has 0 aliphatic carbocycles. The molecule has 1 aliphatic rings. The van der Waals surface area contributed by atoms with Crippen molar-refractivity contribution < 1.29 is 14.7 Å². The molecule has 1 amide bonds. The summed E-state index contributed by atoms with van der Waals surface area (Å²) in [6, 6.07) is 5.20. The van der Waals surface area contributed by atoms with E-state index in [0.29, 0.717) is 18.7 Å². The van der Waals surface area contributed by atoms with E-state index in [1.54, 1.807) is 30.2 Å². The van der Waals surface area contributed by atoms with Crippen LogP contribution < -0.4 is 0 Å². The van der Waals surface area contributed by atoms with Crippen LogP contribution in [0.15, 0.2) is 24.4 Å². The van der Waals surface area contributed by atoms with E-state index in [4.69, 9.17) is 5.11 Å². The molecule has 2 heterocycles. The summed E-state index contributed by atoms with van der Waals surface area (Å²) in [6.07, 6.45) is 2.41. The molecule has 0 spiro atoms. The molecule has 1 N–H and O–H groups in total. The number of hydrogen-bond acceptors (Lipinski definition) is 3. The van der Waals surface area contributed by atoms with Crippen LogP contribution in [0.25, 0.3) is 0 Å². The Bertz CT molecular complexity index is 447. The molecule has 0 aromatic carbocycles. The number of aromatic nitrogens is 1. The Kier molecular flexibility index (Phi) is 3.60. The van der Waals surface area contributed by atoms with Crippen LogP contribution in [0.3, 0.4) is 0 Å². The van der Waals surface area contributed by atoms with Crippen LogP contribution in [-0.4, -0.2) is 39.5 Å². The molecule has 1 aromatic heterocycles. The lowest BCUT2D eigenvalue weighted by molar-refractivity contribution is -0.143. The normalized spacial score (nSPS) is 23.1. The van der Waals surface area contributed by atoms with Gasteiger partial charge in [-0.3, -0.25) is 14.6 Å². The molecule has 1 aromatic rings. The number of amides is 1. The van der Waals surface area contributed by atoms with Gasteiger partial charge in [0, 0.05) is 24.5 Å². The van der Waals surface area contributed by atoms with Gasteiger partial charge in [0.05, 0.1) is 12.3 Å². The zero-order chi connectivity index (χ0) is 13.1. The number of aliphatic carboxylic acids is 1. The van der Waals surface area contributed by atoms with Crippen LogP contribution in [0.2, 0.25) is 0 Å². The highest BCUT2D eigenvalue weighted by Crippen LogP contribution is 2.24. The highest BCUT2D eigenvalue weighted by Gasteiger charge is 2.37. The standard InChI is InChI=1S/C13H16N2O3/c1-9-11(13(17)18)5-7-15(9)12(16)8-10-4-2-3-6-14-10/h2-4,6,9,11H,5,7-8H2,1H3,(H,17,18). The number of carbonyl (C=O) groups excluding carboxylic acids is 1. The predicted octanol–water partition coefficient (Wildman–Crippen LogP) is 0.946. The third-order valence-electron chi connectivity index (χ3n) is 3.45. The summed E-state index contributed by atoms with van der Waals surface area (Å²) >= 11 is 0. The second kappa shape index (κ2) is 5.16. The van der Waals surface area contributed by atoms with Gasteiger partial charge in [-0.1, -0.05) is 6.07 Å². The fourth-order valence-corrected chi connectivity index (χ4v) is 2.38. The average Bonchev–Trinajstić information content (AvgIpc) is 2.72. The van der Waals surface area contributed by atoms with Crippen molar-refractivity contribution in [2.45, 2.75) is 25.8 Å². The molecule has 1 fully saturated rings. The van der Waals surface area contributed by atoms with E-state index in [2.05, 4.69) is 4.98 Å². The van der Waals surface area contributed by atoms with Gasteiger partial charge < -0.3 is 10.0 Å². The fraction of sp³-hybridized carbons (Fsp3) is 0.462. The van der Waals surface area contributed by atoms with E-state index in [-0.39, 0.29) is 18.4 Å². The number of carboxylic acid groups (broad SMARTS) is 1. The Morgan fingerprint density at radius 3 is 2.83 bits per heavy atom. The summed E-state index contributed by atoms with van der Waals surface area (Å²) in [5.41, 5.74) is 0.716. The SMILES string of the molecule is CC1C(C(=O)O)CCN1C(=O)Cc1ccccn1. The van der Waals surface area contributed by atoms with Gasteiger partial charge in [-0.15, -0.1) is 0 Å². The van der Waals surface area contributed by atoms with Gasteiger partial charge >= 0.3 is 5.97 Å². The van der Waals surface area contributed by atoms with Crippen LogP contribution in [0.5, 0.6) is 0 Å². The predicted molar refractivity (Wildman–Crippen MR) is 64.9 cm³/mol. The van der Waals surface area contributed by atoms with Crippen molar-refractivity contribution in [3.8, 4) is 0 Å². The van der Waals surface area contributed by atoms with E-state index < -0.39 is 11.9 Å². The van der Waals surface area contributed by atoms with Gasteiger partial charge in [-0.2, -0.15) is 0 Å². The lowest BCUT2D eigenvalue weighted by atomic mass is 10.0. The number of carboxylic acids is 1. The third-order valence-corrected chi connectivity index (χ3v) is 3.45. The Morgan fingerprint density at radius 2 is 2.28 bits per heavy atom.